The summed E-state index contributed by atoms with van der Waals surface area (Å²) < 4.78 is 0. The maximum absolute atomic E-state index is 12.4. The van der Waals surface area contributed by atoms with Gasteiger partial charge in [-0.2, -0.15) is 5.26 Å². The number of nitriles is 1. The molecule has 0 aromatic heterocycles. The number of piperidine rings is 1. The number of hydrogen-bond acceptors (Lipinski definition) is 3. The van der Waals surface area contributed by atoms with Crippen LogP contribution in [0.15, 0.2) is 24.3 Å². The van der Waals surface area contributed by atoms with Crippen molar-refractivity contribution in [3.8, 4) is 6.07 Å². The summed E-state index contributed by atoms with van der Waals surface area (Å²) in [4.78, 5) is 25.5. The molecule has 1 saturated heterocycles. The van der Waals surface area contributed by atoms with E-state index in [1.165, 1.54) is 0 Å². The molecule has 1 fully saturated rings. The average Bonchev–Trinajstić information content (AvgIpc) is 2.48. The highest BCUT2D eigenvalue weighted by Crippen LogP contribution is 2.22. The van der Waals surface area contributed by atoms with Gasteiger partial charge in [0.1, 0.15) is 0 Å². The van der Waals surface area contributed by atoms with E-state index in [2.05, 4.69) is 0 Å². The maximum Gasteiger partial charge on any atom is 0.227 e. The second-order valence-electron chi connectivity index (χ2n) is 5.56. The molecule has 2 atom stereocenters. The number of likely N-dealkylation sites (tertiary alicyclic amines) is 1. The minimum atomic E-state index is -0.335. The van der Waals surface area contributed by atoms with Crippen molar-refractivity contribution in [1.29, 1.82) is 5.26 Å². The van der Waals surface area contributed by atoms with E-state index in [0.717, 1.165) is 18.4 Å². The molecule has 1 aliphatic rings. The standard InChI is InChI=1S/C16H19N3O2/c1-11-2-7-14(16(18)21)10-19(11)15(20)8-12-3-5-13(9-17)6-4-12/h3-6,11,14H,2,7-8,10H2,1H3,(H2,18,21). The highest BCUT2D eigenvalue weighted by Gasteiger charge is 2.31. The van der Waals surface area contributed by atoms with E-state index in [1.807, 2.05) is 13.0 Å². The Kier molecular flexibility index (Phi) is 4.59. The molecular weight excluding hydrogens is 266 g/mol. The fraction of sp³-hybridized carbons (Fsp3) is 0.438. The number of carbonyl (C=O) groups is 2. The minimum absolute atomic E-state index is 0.00171. The van der Waals surface area contributed by atoms with E-state index in [4.69, 9.17) is 11.0 Å². The van der Waals surface area contributed by atoms with Crippen molar-refractivity contribution in [2.24, 2.45) is 11.7 Å². The van der Waals surface area contributed by atoms with Crippen LogP contribution < -0.4 is 5.73 Å². The number of amides is 2. The lowest BCUT2D eigenvalue weighted by atomic mass is 9.92. The van der Waals surface area contributed by atoms with Gasteiger partial charge in [-0.1, -0.05) is 12.1 Å². The summed E-state index contributed by atoms with van der Waals surface area (Å²) in [5.74, 6) is -0.581. The Morgan fingerprint density at radius 1 is 1.33 bits per heavy atom. The van der Waals surface area contributed by atoms with Gasteiger partial charge >= 0.3 is 0 Å². The molecule has 1 heterocycles. The van der Waals surface area contributed by atoms with Crippen LogP contribution in [0.25, 0.3) is 0 Å². The van der Waals surface area contributed by atoms with Crippen LogP contribution in [0.5, 0.6) is 0 Å². The molecule has 0 aliphatic carbocycles. The van der Waals surface area contributed by atoms with Crippen LogP contribution in [0.2, 0.25) is 0 Å². The van der Waals surface area contributed by atoms with E-state index < -0.39 is 0 Å². The Balaban J connectivity index is 2.03. The largest absolute Gasteiger partial charge is 0.369 e. The molecule has 1 aromatic rings. The first-order valence-corrected chi connectivity index (χ1v) is 7.09. The van der Waals surface area contributed by atoms with Gasteiger partial charge in [0, 0.05) is 12.6 Å². The summed E-state index contributed by atoms with van der Waals surface area (Å²) in [5, 5.41) is 8.76. The van der Waals surface area contributed by atoms with Gasteiger partial charge in [0.25, 0.3) is 0 Å². The van der Waals surface area contributed by atoms with Gasteiger partial charge in [0.2, 0.25) is 11.8 Å². The van der Waals surface area contributed by atoms with E-state index in [1.54, 1.807) is 29.2 Å². The fourth-order valence-electron chi connectivity index (χ4n) is 2.66. The van der Waals surface area contributed by atoms with Crippen molar-refractivity contribution < 1.29 is 9.59 Å². The minimum Gasteiger partial charge on any atom is -0.369 e. The van der Waals surface area contributed by atoms with Gasteiger partial charge in [-0.15, -0.1) is 0 Å². The Morgan fingerprint density at radius 2 is 2.00 bits per heavy atom. The van der Waals surface area contributed by atoms with Crippen LogP contribution in [0.3, 0.4) is 0 Å². The van der Waals surface area contributed by atoms with Crippen LogP contribution in [-0.2, 0) is 16.0 Å². The number of nitrogens with zero attached hydrogens (tertiary/aromatic N) is 2. The zero-order chi connectivity index (χ0) is 15.4. The molecule has 0 radical (unpaired) electrons. The van der Waals surface area contributed by atoms with Gasteiger partial charge in [-0.3, -0.25) is 9.59 Å². The molecule has 1 aromatic carbocycles. The third kappa shape index (κ3) is 3.60. The zero-order valence-electron chi connectivity index (χ0n) is 12.1. The van der Waals surface area contributed by atoms with Gasteiger partial charge in [0.15, 0.2) is 0 Å². The number of nitrogens with two attached hydrogens (primary N) is 1. The van der Waals surface area contributed by atoms with E-state index in [0.29, 0.717) is 12.1 Å². The Labute approximate surface area is 124 Å². The van der Waals surface area contributed by atoms with Gasteiger partial charge < -0.3 is 10.6 Å². The van der Waals surface area contributed by atoms with E-state index in [-0.39, 0.29) is 30.2 Å². The van der Waals surface area contributed by atoms with Gasteiger partial charge in [-0.25, -0.2) is 0 Å². The highest BCUT2D eigenvalue weighted by atomic mass is 16.2. The topological polar surface area (TPSA) is 87.2 Å². The lowest BCUT2D eigenvalue weighted by Crippen LogP contribution is -2.49. The first-order valence-electron chi connectivity index (χ1n) is 7.09. The number of hydrogen-bond donors (Lipinski definition) is 1. The van der Waals surface area contributed by atoms with Crippen molar-refractivity contribution in [2.45, 2.75) is 32.2 Å². The lowest BCUT2D eigenvalue weighted by Gasteiger charge is -2.37. The van der Waals surface area contributed by atoms with Crippen LogP contribution >= 0.6 is 0 Å². The highest BCUT2D eigenvalue weighted by molar-refractivity contribution is 5.81. The van der Waals surface area contributed by atoms with Crippen molar-refractivity contribution in [2.75, 3.05) is 6.54 Å². The summed E-state index contributed by atoms with van der Waals surface area (Å²) in [6.45, 7) is 2.40. The van der Waals surface area contributed by atoms with Gasteiger partial charge in [0.05, 0.1) is 24.0 Å². The van der Waals surface area contributed by atoms with Crippen molar-refractivity contribution in [3.05, 3.63) is 35.4 Å². The van der Waals surface area contributed by atoms with Crippen molar-refractivity contribution in [1.82, 2.24) is 4.90 Å². The molecule has 1 aliphatic heterocycles. The summed E-state index contributed by atoms with van der Waals surface area (Å²) in [6.07, 6.45) is 1.82. The Hall–Kier alpha value is -2.35. The maximum atomic E-state index is 12.4. The molecule has 5 nitrogen and oxygen atoms in total. The first kappa shape index (κ1) is 15.0. The van der Waals surface area contributed by atoms with Crippen LogP contribution in [0.4, 0.5) is 0 Å². The predicted molar refractivity (Wildman–Crippen MR) is 78.0 cm³/mol. The molecule has 5 heteroatoms. The van der Waals surface area contributed by atoms with Crippen LogP contribution in [0, 0.1) is 17.2 Å². The molecule has 110 valence electrons. The SMILES string of the molecule is CC1CCC(C(N)=O)CN1C(=O)Cc1ccc(C#N)cc1. The Morgan fingerprint density at radius 3 is 2.57 bits per heavy atom. The molecule has 2 unspecified atom stereocenters. The lowest BCUT2D eigenvalue weighted by molar-refractivity contribution is -0.136. The van der Waals surface area contributed by atoms with Crippen LogP contribution in [0.1, 0.15) is 30.9 Å². The normalized spacial score (nSPS) is 21.6. The van der Waals surface area contributed by atoms with Gasteiger partial charge in [-0.05, 0) is 37.5 Å². The number of carbonyl (C=O) groups excluding carboxylic acids is 2. The molecule has 0 bridgehead atoms. The zero-order valence-corrected chi connectivity index (χ0v) is 12.1. The molecule has 2 rings (SSSR count). The predicted octanol–water partition coefficient (Wildman–Crippen LogP) is 1.21. The first-order chi connectivity index (χ1) is 10.0. The monoisotopic (exact) mass is 285 g/mol. The summed E-state index contributed by atoms with van der Waals surface area (Å²) in [7, 11) is 0. The van der Waals surface area contributed by atoms with Crippen molar-refractivity contribution >= 4 is 11.8 Å². The fourth-order valence-corrected chi connectivity index (χ4v) is 2.66. The third-order valence-corrected chi connectivity index (χ3v) is 4.04. The summed E-state index contributed by atoms with van der Waals surface area (Å²) in [6, 6.07) is 9.16. The van der Waals surface area contributed by atoms with E-state index >= 15 is 0 Å². The number of benzene rings is 1. The third-order valence-electron chi connectivity index (χ3n) is 4.04. The molecular formula is C16H19N3O2. The Bertz CT molecular complexity index is 574. The van der Waals surface area contributed by atoms with E-state index in [9.17, 15) is 9.59 Å². The van der Waals surface area contributed by atoms with Crippen molar-refractivity contribution in [3.63, 3.8) is 0 Å². The smallest absolute Gasteiger partial charge is 0.227 e. The number of primary amides is 1. The molecule has 0 spiro atoms. The molecule has 2 N–H and O–H groups in total. The molecule has 2 amide bonds. The summed E-state index contributed by atoms with van der Waals surface area (Å²) >= 11 is 0. The summed E-state index contributed by atoms with van der Waals surface area (Å²) in [5.41, 5.74) is 6.80. The quantitative estimate of drug-likeness (QED) is 0.905. The molecule has 0 saturated carbocycles. The second kappa shape index (κ2) is 6.40. The number of rotatable bonds is 3. The average molecular weight is 285 g/mol. The molecule has 21 heavy (non-hydrogen) atoms. The van der Waals surface area contributed by atoms with Crippen LogP contribution in [-0.4, -0.2) is 29.3 Å². The second-order valence-corrected chi connectivity index (χ2v) is 5.56.